The minimum absolute atomic E-state index is 0.0365. The second kappa shape index (κ2) is 5.49. The van der Waals surface area contributed by atoms with Crippen LogP contribution in [0.3, 0.4) is 0 Å². The lowest BCUT2D eigenvalue weighted by Gasteiger charge is -2.12. The van der Waals surface area contributed by atoms with Crippen molar-refractivity contribution < 1.29 is 5.11 Å². The van der Waals surface area contributed by atoms with Gasteiger partial charge in [-0.15, -0.1) is 0 Å². The molecule has 2 aromatic rings. The molecule has 0 saturated carbocycles. The molecule has 0 atom stereocenters. The van der Waals surface area contributed by atoms with Crippen molar-refractivity contribution in [3.05, 3.63) is 58.3 Å². The number of rotatable bonds is 4. The van der Waals surface area contributed by atoms with E-state index in [4.69, 9.17) is 0 Å². The van der Waals surface area contributed by atoms with Gasteiger partial charge in [0.1, 0.15) is 5.75 Å². The summed E-state index contributed by atoms with van der Waals surface area (Å²) < 4.78 is 1.69. The zero-order chi connectivity index (χ0) is 13.0. The monoisotopic (exact) mass is 244 g/mol. The van der Waals surface area contributed by atoms with E-state index in [-0.39, 0.29) is 11.3 Å². The molecule has 0 amide bonds. The first-order valence-electron chi connectivity index (χ1n) is 6.02. The van der Waals surface area contributed by atoms with E-state index in [9.17, 15) is 9.90 Å². The average molecular weight is 244 g/mol. The van der Waals surface area contributed by atoms with E-state index in [0.29, 0.717) is 6.54 Å². The van der Waals surface area contributed by atoms with Crippen LogP contribution in [0.15, 0.2) is 41.5 Å². The molecular weight excluding hydrogens is 228 g/mol. The van der Waals surface area contributed by atoms with Crippen molar-refractivity contribution in [2.45, 2.75) is 26.3 Å². The first-order chi connectivity index (χ1) is 8.70. The molecule has 18 heavy (non-hydrogen) atoms. The van der Waals surface area contributed by atoms with Crippen LogP contribution in [0.5, 0.6) is 5.75 Å². The van der Waals surface area contributed by atoms with Crippen LogP contribution in [0.1, 0.15) is 24.6 Å². The first kappa shape index (κ1) is 12.4. The predicted octanol–water partition coefficient (Wildman–Crippen LogP) is 1.95. The van der Waals surface area contributed by atoms with E-state index in [1.807, 2.05) is 19.1 Å². The largest absolute Gasteiger partial charge is 0.508 e. The number of pyridine rings is 2. The third-order valence-corrected chi connectivity index (χ3v) is 2.79. The molecule has 1 N–H and O–H groups in total. The standard InChI is InChI=1S/C14H16N2O2/c1-2-3-12-8-13(17)9-14(18)16(12)10-11-4-6-15-7-5-11/h4-9,17H,2-3,10H2,1H3. The molecule has 0 aromatic carbocycles. The van der Waals surface area contributed by atoms with Crippen LogP contribution in [0.4, 0.5) is 0 Å². The molecule has 0 radical (unpaired) electrons. The van der Waals surface area contributed by atoms with E-state index in [2.05, 4.69) is 4.98 Å². The molecule has 2 heterocycles. The minimum atomic E-state index is -0.171. The van der Waals surface area contributed by atoms with Crippen molar-refractivity contribution in [3.63, 3.8) is 0 Å². The third-order valence-electron chi connectivity index (χ3n) is 2.79. The maximum absolute atomic E-state index is 11.9. The topological polar surface area (TPSA) is 55.1 Å². The molecule has 0 fully saturated rings. The number of hydrogen-bond acceptors (Lipinski definition) is 3. The second-order valence-electron chi connectivity index (χ2n) is 4.23. The third kappa shape index (κ3) is 2.77. The fourth-order valence-corrected chi connectivity index (χ4v) is 1.95. The van der Waals surface area contributed by atoms with Crippen LogP contribution in [0.2, 0.25) is 0 Å². The fraction of sp³-hybridized carbons (Fsp3) is 0.286. The minimum Gasteiger partial charge on any atom is -0.508 e. The Hall–Kier alpha value is -2.10. The van der Waals surface area contributed by atoms with Gasteiger partial charge >= 0.3 is 0 Å². The van der Waals surface area contributed by atoms with Crippen molar-refractivity contribution in [2.75, 3.05) is 0 Å². The Kier molecular flexibility index (Phi) is 3.77. The highest BCUT2D eigenvalue weighted by molar-refractivity contribution is 5.24. The van der Waals surface area contributed by atoms with Gasteiger partial charge in [-0.05, 0) is 30.2 Å². The summed E-state index contributed by atoms with van der Waals surface area (Å²) in [7, 11) is 0. The van der Waals surface area contributed by atoms with Crippen molar-refractivity contribution in [2.24, 2.45) is 0 Å². The Morgan fingerprint density at radius 3 is 2.67 bits per heavy atom. The Bertz CT molecular complexity index is 576. The lowest BCUT2D eigenvalue weighted by molar-refractivity contribution is 0.469. The number of aromatic nitrogens is 2. The molecular formula is C14H16N2O2. The van der Waals surface area contributed by atoms with Crippen LogP contribution in [-0.2, 0) is 13.0 Å². The summed E-state index contributed by atoms with van der Waals surface area (Å²) in [4.78, 5) is 15.9. The highest BCUT2D eigenvalue weighted by atomic mass is 16.3. The van der Waals surface area contributed by atoms with Gasteiger partial charge in [0.2, 0.25) is 0 Å². The molecule has 0 spiro atoms. The smallest absolute Gasteiger partial charge is 0.254 e. The van der Waals surface area contributed by atoms with Crippen LogP contribution in [0, 0.1) is 0 Å². The highest BCUT2D eigenvalue weighted by Crippen LogP contribution is 2.12. The maximum atomic E-state index is 11.9. The molecule has 4 nitrogen and oxygen atoms in total. The molecule has 0 saturated heterocycles. The molecule has 4 heteroatoms. The maximum Gasteiger partial charge on any atom is 0.254 e. The van der Waals surface area contributed by atoms with Gasteiger partial charge < -0.3 is 9.67 Å². The van der Waals surface area contributed by atoms with Gasteiger partial charge in [-0.1, -0.05) is 13.3 Å². The molecule has 0 aliphatic heterocycles. The molecule has 0 aliphatic carbocycles. The van der Waals surface area contributed by atoms with E-state index >= 15 is 0 Å². The van der Waals surface area contributed by atoms with Gasteiger partial charge in [0.15, 0.2) is 0 Å². The van der Waals surface area contributed by atoms with Crippen LogP contribution in [-0.4, -0.2) is 14.7 Å². The van der Waals surface area contributed by atoms with Crippen LogP contribution >= 0.6 is 0 Å². The zero-order valence-electron chi connectivity index (χ0n) is 10.3. The molecule has 0 bridgehead atoms. The van der Waals surface area contributed by atoms with E-state index in [0.717, 1.165) is 24.1 Å². The van der Waals surface area contributed by atoms with Gasteiger partial charge in [0.25, 0.3) is 5.56 Å². The normalized spacial score (nSPS) is 10.5. The molecule has 94 valence electrons. The highest BCUT2D eigenvalue weighted by Gasteiger charge is 2.06. The number of aromatic hydroxyl groups is 1. The summed E-state index contributed by atoms with van der Waals surface area (Å²) in [6.07, 6.45) is 5.12. The zero-order valence-corrected chi connectivity index (χ0v) is 10.3. The van der Waals surface area contributed by atoms with Crippen molar-refractivity contribution in [3.8, 4) is 5.75 Å². The Balaban J connectivity index is 2.40. The summed E-state index contributed by atoms with van der Waals surface area (Å²) in [6, 6.07) is 6.68. The SMILES string of the molecule is CCCc1cc(O)cc(=O)n1Cc1ccncc1. The molecule has 2 rings (SSSR count). The Morgan fingerprint density at radius 1 is 1.28 bits per heavy atom. The molecule has 0 unspecified atom stereocenters. The Labute approximate surface area is 106 Å². The summed E-state index contributed by atoms with van der Waals surface area (Å²) >= 11 is 0. The van der Waals surface area contributed by atoms with Gasteiger partial charge in [0, 0.05) is 24.2 Å². The number of nitrogens with zero attached hydrogens (tertiary/aromatic N) is 2. The summed E-state index contributed by atoms with van der Waals surface area (Å²) in [6.45, 7) is 2.56. The molecule has 2 aromatic heterocycles. The second-order valence-corrected chi connectivity index (χ2v) is 4.23. The predicted molar refractivity (Wildman–Crippen MR) is 69.7 cm³/mol. The van der Waals surface area contributed by atoms with Crippen molar-refractivity contribution in [1.29, 1.82) is 0 Å². The lowest BCUT2D eigenvalue weighted by atomic mass is 10.2. The van der Waals surface area contributed by atoms with E-state index < -0.39 is 0 Å². The van der Waals surface area contributed by atoms with E-state index in [1.54, 1.807) is 23.0 Å². The first-order valence-corrected chi connectivity index (χ1v) is 6.02. The van der Waals surface area contributed by atoms with Crippen LogP contribution < -0.4 is 5.56 Å². The van der Waals surface area contributed by atoms with Gasteiger partial charge in [0.05, 0.1) is 6.54 Å². The Morgan fingerprint density at radius 2 is 2.00 bits per heavy atom. The molecule has 0 aliphatic rings. The van der Waals surface area contributed by atoms with Gasteiger partial charge in [-0.2, -0.15) is 0 Å². The summed E-state index contributed by atoms with van der Waals surface area (Å²) in [5.74, 6) is 0.0365. The van der Waals surface area contributed by atoms with Crippen LogP contribution in [0.25, 0.3) is 0 Å². The van der Waals surface area contributed by atoms with Gasteiger partial charge in [-0.3, -0.25) is 9.78 Å². The fourth-order valence-electron chi connectivity index (χ4n) is 1.95. The average Bonchev–Trinajstić information content (AvgIpc) is 2.35. The van der Waals surface area contributed by atoms with Crippen molar-refractivity contribution in [1.82, 2.24) is 9.55 Å². The van der Waals surface area contributed by atoms with Gasteiger partial charge in [-0.25, -0.2) is 0 Å². The quantitative estimate of drug-likeness (QED) is 0.894. The number of hydrogen-bond donors (Lipinski definition) is 1. The summed E-state index contributed by atoms with van der Waals surface area (Å²) in [5.41, 5.74) is 1.71. The van der Waals surface area contributed by atoms with E-state index in [1.165, 1.54) is 6.07 Å². The summed E-state index contributed by atoms with van der Waals surface area (Å²) in [5, 5.41) is 9.49. The lowest BCUT2D eigenvalue weighted by Crippen LogP contribution is -2.23. The number of aryl methyl sites for hydroxylation is 1. The van der Waals surface area contributed by atoms with Crippen molar-refractivity contribution >= 4 is 0 Å².